The molecular formula is C10H10N2O5. The molecule has 1 aromatic carbocycles. The summed E-state index contributed by atoms with van der Waals surface area (Å²) in [6.07, 6.45) is 1.21. The zero-order valence-corrected chi connectivity index (χ0v) is 9.25. The Morgan fingerprint density at radius 3 is 2.71 bits per heavy atom. The first kappa shape index (κ1) is 12.6. The average molecular weight is 238 g/mol. The standard InChI is InChI=1S/C10H10N2O5/c1-16-10(13)9-4-3-8(12(14)15)5-7(9)6-11-17-2/h3-6H,1-2H3. The number of carbonyl (C=O) groups excluding carboxylic acids is 1. The Bertz CT molecular complexity index is 470. The summed E-state index contributed by atoms with van der Waals surface area (Å²) in [6, 6.07) is 3.74. The molecule has 7 nitrogen and oxygen atoms in total. The Kier molecular flexibility index (Phi) is 4.15. The normalized spacial score (nSPS) is 10.2. The quantitative estimate of drug-likeness (QED) is 0.342. The maximum absolute atomic E-state index is 11.4. The number of methoxy groups -OCH3 is 1. The van der Waals surface area contributed by atoms with Gasteiger partial charge in [0.25, 0.3) is 5.69 Å². The van der Waals surface area contributed by atoms with E-state index in [4.69, 9.17) is 0 Å². The highest BCUT2D eigenvalue weighted by Gasteiger charge is 2.15. The number of oxime groups is 1. The molecule has 1 aromatic rings. The molecule has 0 spiro atoms. The summed E-state index contributed by atoms with van der Waals surface area (Å²) < 4.78 is 4.55. The fourth-order valence-corrected chi connectivity index (χ4v) is 1.18. The molecule has 90 valence electrons. The second-order valence-corrected chi connectivity index (χ2v) is 2.94. The van der Waals surface area contributed by atoms with Crippen molar-refractivity contribution in [2.24, 2.45) is 5.16 Å². The minimum absolute atomic E-state index is 0.143. The molecule has 0 fully saturated rings. The first-order valence-electron chi connectivity index (χ1n) is 4.53. The van der Waals surface area contributed by atoms with Crippen molar-refractivity contribution in [2.75, 3.05) is 14.2 Å². The first-order valence-corrected chi connectivity index (χ1v) is 4.53. The van der Waals surface area contributed by atoms with Gasteiger partial charge in [-0.15, -0.1) is 0 Å². The van der Waals surface area contributed by atoms with E-state index in [0.29, 0.717) is 0 Å². The minimum atomic E-state index is -0.600. The number of nitro benzene ring substituents is 1. The van der Waals surface area contributed by atoms with Gasteiger partial charge in [-0.3, -0.25) is 10.1 Å². The van der Waals surface area contributed by atoms with Crippen molar-refractivity contribution in [1.29, 1.82) is 0 Å². The van der Waals surface area contributed by atoms with Crippen LogP contribution in [0.5, 0.6) is 0 Å². The van der Waals surface area contributed by atoms with Gasteiger partial charge in [-0.1, -0.05) is 5.16 Å². The van der Waals surface area contributed by atoms with Crippen molar-refractivity contribution in [3.8, 4) is 0 Å². The van der Waals surface area contributed by atoms with Crippen LogP contribution in [0.15, 0.2) is 23.4 Å². The monoisotopic (exact) mass is 238 g/mol. The molecule has 0 aliphatic rings. The van der Waals surface area contributed by atoms with Gasteiger partial charge in [0.15, 0.2) is 0 Å². The third kappa shape index (κ3) is 3.00. The second kappa shape index (κ2) is 5.59. The lowest BCUT2D eigenvalue weighted by Gasteiger charge is -2.03. The van der Waals surface area contributed by atoms with Crippen LogP contribution in [0.1, 0.15) is 15.9 Å². The van der Waals surface area contributed by atoms with Crippen molar-refractivity contribution in [2.45, 2.75) is 0 Å². The molecule has 0 aromatic heterocycles. The van der Waals surface area contributed by atoms with Crippen molar-refractivity contribution in [3.63, 3.8) is 0 Å². The fraction of sp³-hybridized carbons (Fsp3) is 0.200. The van der Waals surface area contributed by atoms with E-state index in [-0.39, 0.29) is 16.8 Å². The largest absolute Gasteiger partial charge is 0.465 e. The van der Waals surface area contributed by atoms with Gasteiger partial charge in [-0.2, -0.15) is 0 Å². The molecule has 0 saturated heterocycles. The van der Waals surface area contributed by atoms with Gasteiger partial charge in [0, 0.05) is 17.7 Å². The Morgan fingerprint density at radius 2 is 2.18 bits per heavy atom. The number of hydrogen-bond donors (Lipinski definition) is 0. The molecule has 0 atom stereocenters. The van der Waals surface area contributed by atoms with E-state index in [9.17, 15) is 14.9 Å². The number of carbonyl (C=O) groups is 1. The Hall–Kier alpha value is -2.44. The maximum atomic E-state index is 11.4. The van der Waals surface area contributed by atoms with Crippen molar-refractivity contribution < 1.29 is 19.3 Å². The van der Waals surface area contributed by atoms with Gasteiger partial charge in [0.1, 0.15) is 7.11 Å². The zero-order valence-electron chi connectivity index (χ0n) is 9.25. The van der Waals surface area contributed by atoms with Crippen LogP contribution in [-0.4, -0.2) is 31.3 Å². The molecule has 7 heteroatoms. The van der Waals surface area contributed by atoms with E-state index in [1.165, 1.54) is 38.6 Å². The van der Waals surface area contributed by atoms with Crippen LogP contribution in [0.4, 0.5) is 5.69 Å². The van der Waals surface area contributed by atoms with Crippen LogP contribution in [0, 0.1) is 10.1 Å². The molecule has 0 amide bonds. The van der Waals surface area contributed by atoms with E-state index in [1.807, 2.05) is 0 Å². The zero-order chi connectivity index (χ0) is 12.8. The summed E-state index contributed by atoms with van der Waals surface area (Å²) in [6.45, 7) is 0. The van der Waals surface area contributed by atoms with Gasteiger partial charge in [0.05, 0.1) is 23.8 Å². The molecule has 0 aliphatic heterocycles. The molecule has 0 heterocycles. The number of nitro groups is 1. The maximum Gasteiger partial charge on any atom is 0.338 e. The van der Waals surface area contributed by atoms with E-state index >= 15 is 0 Å². The highest BCUT2D eigenvalue weighted by molar-refractivity contribution is 5.99. The Morgan fingerprint density at radius 1 is 1.47 bits per heavy atom. The lowest BCUT2D eigenvalue weighted by Crippen LogP contribution is -2.06. The van der Waals surface area contributed by atoms with E-state index < -0.39 is 10.9 Å². The Labute approximate surface area is 96.8 Å². The lowest BCUT2D eigenvalue weighted by molar-refractivity contribution is -0.384. The van der Waals surface area contributed by atoms with E-state index in [0.717, 1.165) is 0 Å². The summed E-state index contributed by atoms with van der Waals surface area (Å²) in [5.74, 6) is -0.600. The second-order valence-electron chi connectivity index (χ2n) is 2.94. The van der Waals surface area contributed by atoms with Crippen LogP contribution in [0.25, 0.3) is 0 Å². The minimum Gasteiger partial charge on any atom is -0.465 e. The van der Waals surface area contributed by atoms with Crippen LogP contribution in [0.2, 0.25) is 0 Å². The van der Waals surface area contributed by atoms with Crippen LogP contribution in [0.3, 0.4) is 0 Å². The van der Waals surface area contributed by atoms with Gasteiger partial charge >= 0.3 is 5.97 Å². The molecule has 0 radical (unpaired) electrons. The van der Waals surface area contributed by atoms with E-state index in [1.54, 1.807) is 0 Å². The third-order valence-electron chi connectivity index (χ3n) is 1.95. The third-order valence-corrected chi connectivity index (χ3v) is 1.95. The number of hydrogen-bond acceptors (Lipinski definition) is 6. The summed E-state index contributed by atoms with van der Waals surface area (Å²) in [7, 11) is 2.55. The number of ether oxygens (including phenoxy) is 1. The predicted molar refractivity (Wildman–Crippen MR) is 59.0 cm³/mol. The molecule has 1 rings (SSSR count). The smallest absolute Gasteiger partial charge is 0.338 e. The van der Waals surface area contributed by atoms with Crippen molar-refractivity contribution in [3.05, 3.63) is 39.4 Å². The van der Waals surface area contributed by atoms with Gasteiger partial charge in [0.2, 0.25) is 0 Å². The average Bonchev–Trinajstić information content (AvgIpc) is 2.34. The molecular weight excluding hydrogens is 228 g/mol. The topological polar surface area (TPSA) is 91.0 Å². The molecule has 0 saturated carbocycles. The summed E-state index contributed by atoms with van der Waals surface area (Å²) >= 11 is 0. The first-order chi connectivity index (χ1) is 8.10. The van der Waals surface area contributed by atoms with Crippen LogP contribution in [-0.2, 0) is 9.57 Å². The van der Waals surface area contributed by atoms with Crippen LogP contribution < -0.4 is 0 Å². The predicted octanol–water partition coefficient (Wildman–Crippen LogP) is 1.36. The number of rotatable bonds is 4. The highest BCUT2D eigenvalue weighted by atomic mass is 16.6. The number of esters is 1. The number of benzene rings is 1. The number of non-ortho nitro benzene ring substituents is 1. The van der Waals surface area contributed by atoms with Crippen molar-refractivity contribution in [1.82, 2.24) is 0 Å². The van der Waals surface area contributed by atoms with Gasteiger partial charge in [-0.05, 0) is 6.07 Å². The Balaban J connectivity index is 3.25. The van der Waals surface area contributed by atoms with Gasteiger partial charge in [-0.25, -0.2) is 4.79 Å². The molecule has 0 bridgehead atoms. The number of nitrogens with zero attached hydrogens (tertiary/aromatic N) is 2. The van der Waals surface area contributed by atoms with Gasteiger partial charge < -0.3 is 9.57 Å². The fourth-order valence-electron chi connectivity index (χ4n) is 1.18. The summed E-state index contributed by atoms with van der Waals surface area (Å²) in [4.78, 5) is 25.9. The lowest BCUT2D eigenvalue weighted by atomic mass is 10.1. The van der Waals surface area contributed by atoms with E-state index in [2.05, 4.69) is 14.7 Å². The highest BCUT2D eigenvalue weighted by Crippen LogP contribution is 2.17. The molecule has 0 unspecified atom stereocenters. The summed E-state index contributed by atoms with van der Waals surface area (Å²) in [5, 5.41) is 14.1. The summed E-state index contributed by atoms with van der Waals surface area (Å²) in [5.41, 5.74) is 0.294. The SMILES string of the molecule is CON=Cc1cc([N+](=O)[O-])ccc1C(=O)OC. The van der Waals surface area contributed by atoms with Crippen LogP contribution >= 0.6 is 0 Å². The molecule has 0 N–H and O–H groups in total. The van der Waals surface area contributed by atoms with Crippen molar-refractivity contribution >= 4 is 17.9 Å². The molecule has 0 aliphatic carbocycles. The molecule has 17 heavy (non-hydrogen) atoms.